The first-order chi connectivity index (χ1) is 15.3. The lowest BCUT2D eigenvalue weighted by molar-refractivity contribution is -0.892. The molecule has 31 heavy (non-hydrogen) atoms. The number of aliphatic hydroxyl groups excluding tert-OH is 1. The highest BCUT2D eigenvalue weighted by atomic mass is 16.3. The first-order valence-electron chi connectivity index (χ1n) is 13.9. The van der Waals surface area contributed by atoms with Crippen LogP contribution in [0.5, 0.6) is 0 Å². The quantitative estimate of drug-likeness (QED) is 0.103. The second-order valence-electron chi connectivity index (χ2n) is 9.67. The van der Waals surface area contributed by atoms with Gasteiger partial charge in [0.2, 0.25) is 0 Å². The van der Waals surface area contributed by atoms with Crippen LogP contribution in [0.4, 0.5) is 0 Å². The van der Waals surface area contributed by atoms with Crippen LogP contribution in [0, 0.1) is 0 Å². The van der Waals surface area contributed by atoms with Gasteiger partial charge < -0.3 is 10.4 Å². The molecule has 1 rings (SSSR count). The minimum absolute atomic E-state index is 0.239. The fourth-order valence-electron chi connectivity index (χ4n) is 4.83. The summed E-state index contributed by atoms with van der Waals surface area (Å²) in [7, 11) is 0. The molecule has 0 fully saturated rings. The standard InChI is InChI=1S/C28H55N2O/c1-3-5-6-7-8-9-10-11-12-13-14-15-16-17-18-19-20-21-22-23-28-29-24-25-30(28,4-2)26-27-31/h22-25,28-29,31H,3-21,26-27H2,1-2H3/q+1/b23-22+. The van der Waals surface area contributed by atoms with Gasteiger partial charge in [-0.1, -0.05) is 116 Å². The SMILES string of the molecule is CCCCCCCCCCCCCCCCCCC/C=C/C1NC=C[N+]1(CC)CCO. The first-order valence-corrected chi connectivity index (χ1v) is 13.9. The van der Waals surface area contributed by atoms with Crippen LogP contribution < -0.4 is 5.32 Å². The van der Waals surface area contributed by atoms with Gasteiger partial charge in [-0.05, 0) is 25.8 Å². The molecule has 0 saturated carbocycles. The van der Waals surface area contributed by atoms with Crippen molar-refractivity contribution in [3.05, 3.63) is 24.6 Å². The third-order valence-corrected chi connectivity index (χ3v) is 7.09. The van der Waals surface area contributed by atoms with Crippen molar-refractivity contribution in [2.75, 3.05) is 19.7 Å². The zero-order valence-electron chi connectivity index (χ0n) is 21.1. The number of likely N-dealkylation sites (N-methyl/N-ethyl adjacent to an activating group) is 1. The van der Waals surface area contributed by atoms with E-state index in [-0.39, 0.29) is 6.61 Å². The molecule has 1 aliphatic heterocycles. The van der Waals surface area contributed by atoms with Gasteiger partial charge >= 0.3 is 0 Å². The van der Waals surface area contributed by atoms with Gasteiger partial charge in [0.25, 0.3) is 0 Å². The molecular weight excluding hydrogens is 380 g/mol. The van der Waals surface area contributed by atoms with Crippen LogP contribution in [0.3, 0.4) is 0 Å². The van der Waals surface area contributed by atoms with Crippen LogP contribution in [0.15, 0.2) is 24.6 Å². The molecule has 0 radical (unpaired) electrons. The van der Waals surface area contributed by atoms with Gasteiger partial charge in [0.05, 0.1) is 19.4 Å². The Morgan fingerprint density at radius 3 is 1.68 bits per heavy atom. The van der Waals surface area contributed by atoms with Gasteiger partial charge in [0.15, 0.2) is 6.17 Å². The van der Waals surface area contributed by atoms with E-state index >= 15 is 0 Å². The van der Waals surface area contributed by atoms with E-state index < -0.39 is 0 Å². The fourth-order valence-corrected chi connectivity index (χ4v) is 4.83. The van der Waals surface area contributed by atoms with Crippen molar-refractivity contribution in [3.8, 4) is 0 Å². The Morgan fingerprint density at radius 2 is 1.23 bits per heavy atom. The third-order valence-electron chi connectivity index (χ3n) is 7.09. The molecule has 2 atom stereocenters. The molecule has 3 nitrogen and oxygen atoms in total. The highest BCUT2D eigenvalue weighted by Crippen LogP contribution is 2.19. The van der Waals surface area contributed by atoms with E-state index in [9.17, 15) is 5.11 Å². The lowest BCUT2D eigenvalue weighted by atomic mass is 10.0. The minimum atomic E-state index is 0.239. The van der Waals surface area contributed by atoms with Gasteiger partial charge in [0, 0.05) is 0 Å². The van der Waals surface area contributed by atoms with Crippen LogP contribution in [0.25, 0.3) is 0 Å². The molecule has 0 aromatic carbocycles. The molecule has 0 amide bonds. The van der Waals surface area contributed by atoms with Crippen molar-refractivity contribution in [1.82, 2.24) is 5.32 Å². The van der Waals surface area contributed by atoms with E-state index in [0.717, 1.165) is 17.6 Å². The second-order valence-corrected chi connectivity index (χ2v) is 9.67. The van der Waals surface area contributed by atoms with E-state index in [1.165, 1.54) is 116 Å². The number of hydrogen-bond acceptors (Lipinski definition) is 2. The molecule has 1 aliphatic rings. The molecule has 0 spiro atoms. The summed E-state index contributed by atoms with van der Waals surface area (Å²) in [5.41, 5.74) is 0. The Balaban J connectivity index is 1.84. The lowest BCUT2D eigenvalue weighted by Crippen LogP contribution is -2.53. The lowest BCUT2D eigenvalue weighted by Gasteiger charge is -2.34. The molecular formula is C28H55N2O+. The normalized spacial score (nSPS) is 20.7. The van der Waals surface area contributed by atoms with Crippen molar-refractivity contribution < 1.29 is 9.59 Å². The fraction of sp³-hybridized carbons (Fsp3) is 0.857. The summed E-state index contributed by atoms with van der Waals surface area (Å²) in [6, 6.07) is 0. The average molecular weight is 436 g/mol. The smallest absolute Gasteiger partial charge is 0.185 e. The summed E-state index contributed by atoms with van der Waals surface area (Å²) >= 11 is 0. The number of quaternary nitrogens is 1. The maximum absolute atomic E-state index is 9.37. The van der Waals surface area contributed by atoms with Crippen LogP contribution in [0.2, 0.25) is 0 Å². The van der Waals surface area contributed by atoms with Gasteiger partial charge in [0.1, 0.15) is 12.7 Å². The van der Waals surface area contributed by atoms with Gasteiger partial charge in [-0.2, -0.15) is 0 Å². The number of nitrogens with zero attached hydrogens (tertiary/aromatic N) is 1. The van der Waals surface area contributed by atoms with Crippen molar-refractivity contribution in [2.45, 2.75) is 136 Å². The summed E-state index contributed by atoms with van der Waals surface area (Å²) in [6.07, 6.45) is 34.7. The molecule has 0 saturated heterocycles. The van der Waals surface area contributed by atoms with Gasteiger partial charge in [-0.3, -0.25) is 4.48 Å². The molecule has 3 heteroatoms. The Kier molecular flexibility index (Phi) is 18.1. The molecule has 2 N–H and O–H groups in total. The third kappa shape index (κ3) is 13.4. The molecule has 0 bridgehead atoms. The Bertz CT molecular complexity index is 448. The van der Waals surface area contributed by atoms with E-state index in [0.29, 0.717) is 6.17 Å². The maximum atomic E-state index is 9.37. The summed E-state index contributed by atoms with van der Waals surface area (Å²) in [6.45, 7) is 6.53. The maximum Gasteiger partial charge on any atom is 0.185 e. The Labute approximate surface area is 195 Å². The number of rotatable bonds is 22. The van der Waals surface area contributed by atoms with Crippen molar-refractivity contribution in [2.24, 2.45) is 0 Å². The molecule has 182 valence electrons. The highest BCUT2D eigenvalue weighted by Gasteiger charge is 2.34. The van der Waals surface area contributed by atoms with Gasteiger partial charge in [-0.25, -0.2) is 0 Å². The number of unbranched alkanes of at least 4 members (excludes halogenated alkanes) is 17. The molecule has 0 aromatic heterocycles. The van der Waals surface area contributed by atoms with E-state index in [1.54, 1.807) is 0 Å². The van der Waals surface area contributed by atoms with Crippen molar-refractivity contribution >= 4 is 0 Å². The topological polar surface area (TPSA) is 32.3 Å². The second kappa shape index (κ2) is 19.9. The van der Waals surface area contributed by atoms with E-state index in [2.05, 4.69) is 37.5 Å². The first kappa shape index (κ1) is 28.2. The summed E-state index contributed by atoms with van der Waals surface area (Å²) < 4.78 is 0.825. The van der Waals surface area contributed by atoms with E-state index in [4.69, 9.17) is 0 Å². The number of aliphatic hydroxyl groups is 1. The van der Waals surface area contributed by atoms with Crippen molar-refractivity contribution in [1.29, 1.82) is 0 Å². The van der Waals surface area contributed by atoms with Gasteiger partial charge in [-0.15, -0.1) is 0 Å². The summed E-state index contributed by atoms with van der Waals surface area (Å²) in [4.78, 5) is 0. The van der Waals surface area contributed by atoms with Crippen LogP contribution >= 0.6 is 0 Å². The largest absolute Gasteiger partial charge is 0.390 e. The predicted molar refractivity (Wildman–Crippen MR) is 137 cm³/mol. The highest BCUT2D eigenvalue weighted by molar-refractivity contribution is 4.97. The number of nitrogens with one attached hydrogen (secondary N) is 1. The summed E-state index contributed by atoms with van der Waals surface area (Å²) in [5, 5.41) is 12.8. The summed E-state index contributed by atoms with van der Waals surface area (Å²) in [5.74, 6) is 0. The molecule has 1 heterocycles. The predicted octanol–water partition coefficient (Wildman–Crippen LogP) is 7.81. The van der Waals surface area contributed by atoms with Crippen LogP contribution in [-0.2, 0) is 0 Å². The molecule has 0 aliphatic carbocycles. The zero-order valence-corrected chi connectivity index (χ0v) is 21.1. The average Bonchev–Trinajstić information content (AvgIpc) is 3.18. The van der Waals surface area contributed by atoms with E-state index in [1.807, 2.05) is 6.20 Å². The molecule has 2 unspecified atom stereocenters. The van der Waals surface area contributed by atoms with Crippen LogP contribution in [0.1, 0.15) is 129 Å². The zero-order chi connectivity index (χ0) is 22.5. The Hall–Kier alpha value is -0.800. The van der Waals surface area contributed by atoms with Crippen molar-refractivity contribution in [3.63, 3.8) is 0 Å². The monoisotopic (exact) mass is 435 g/mol. The molecule has 0 aromatic rings. The van der Waals surface area contributed by atoms with Crippen LogP contribution in [-0.4, -0.2) is 35.5 Å². The number of allylic oxidation sites excluding steroid dienone is 1. The Morgan fingerprint density at radius 1 is 0.742 bits per heavy atom. The minimum Gasteiger partial charge on any atom is -0.390 e. The number of hydrogen-bond donors (Lipinski definition) is 2.